The minimum atomic E-state index is -2.01. The molecule has 1 fully saturated rings. The molecule has 0 spiro atoms. The third-order valence-corrected chi connectivity index (χ3v) is 16.5. The molecule has 5 heteroatoms. The number of carbonyl (C=O) groups excluding carboxylic acids is 1. The molecule has 0 heterocycles. The van der Waals surface area contributed by atoms with Crippen LogP contribution < -0.4 is 0 Å². The molecule has 0 amide bonds. The summed E-state index contributed by atoms with van der Waals surface area (Å²) in [5.41, 5.74) is 1.44. The zero-order valence-electron chi connectivity index (χ0n) is 21.0. The van der Waals surface area contributed by atoms with Crippen LogP contribution >= 0.6 is 0 Å². The van der Waals surface area contributed by atoms with E-state index in [0.717, 1.165) is 19.4 Å². The zero-order chi connectivity index (χ0) is 22.5. The molecule has 3 nitrogen and oxygen atoms in total. The molecule has 170 valence electrons. The van der Waals surface area contributed by atoms with Crippen molar-refractivity contribution in [1.29, 1.82) is 0 Å². The quantitative estimate of drug-likeness (QED) is 0.220. The number of hydrogen-bond acceptors (Lipinski definition) is 3. The Morgan fingerprint density at radius 2 is 1.79 bits per heavy atom. The van der Waals surface area contributed by atoms with Gasteiger partial charge in [-0.25, -0.2) is 0 Å². The Morgan fingerprint density at radius 1 is 1.21 bits per heavy atom. The summed E-state index contributed by atoms with van der Waals surface area (Å²) < 4.78 is 13.2. The van der Waals surface area contributed by atoms with Crippen molar-refractivity contribution in [2.75, 3.05) is 13.7 Å². The molecule has 1 aliphatic rings. The number of Topliss-reactive ketones (excluding diaryl/α,β-unsaturated/α-hetero) is 1. The van der Waals surface area contributed by atoms with Crippen LogP contribution in [0.4, 0.5) is 0 Å². The standard InChI is InChI=1S/C21H39O3Si.3CH3.Sn/c1-16(17(2)22)14-19-11-9-10-18(20(19)15-23-6)12-13-24-25(7,8)21(3,4)5;;;;/h15-16,18-19H,1,9-14H2,2-8H3;3*1H3;/b20-15-;;;;/t16?,18-,19+;;;;/m0..../s1. The van der Waals surface area contributed by atoms with Crippen molar-refractivity contribution in [3.63, 3.8) is 0 Å². The van der Waals surface area contributed by atoms with Crippen molar-refractivity contribution in [2.24, 2.45) is 17.8 Å². The van der Waals surface area contributed by atoms with E-state index in [4.69, 9.17) is 9.16 Å². The second kappa shape index (κ2) is 11.2. The molecule has 1 unspecified atom stereocenters. The summed E-state index contributed by atoms with van der Waals surface area (Å²) in [6, 6.07) is 0. The van der Waals surface area contributed by atoms with Crippen molar-refractivity contribution < 1.29 is 14.0 Å². The van der Waals surface area contributed by atoms with E-state index in [2.05, 4.69) is 48.7 Å². The van der Waals surface area contributed by atoms with Gasteiger partial charge in [-0.2, -0.15) is 0 Å². The number of ketones is 1. The van der Waals surface area contributed by atoms with Gasteiger partial charge >= 0.3 is 187 Å². The molecule has 0 aliphatic heterocycles. The minimum absolute atomic E-state index is 0.235. The number of rotatable bonds is 10. The molecular weight excluding hydrogens is 483 g/mol. The van der Waals surface area contributed by atoms with E-state index in [9.17, 15) is 4.79 Å². The molecule has 0 radical (unpaired) electrons. The second-order valence-electron chi connectivity index (χ2n) is 11.9. The van der Waals surface area contributed by atoms with Gasteiger partial charge in [0, 0.05) is 0 Å². The van der Waals surface area contributed by atoms with Gasteiger partial charge in [-0.3, -0.25) is 0 Å². The normalized spacial score (nSPS) is 23.9. The predicted molar refractivity (Wildman–Crippen MR) is 131 cm³/mol. The van der Waals surface area contributed by atoms with Crippen LogP contribution in [0.15, 0.2) is 11.8 Å². The summed E-state index contributed by atoms with van der Waals surface area (Å²) in [6.45, 7) is 14.2. The fourth-order valence-electron chi connectivity index (χ4n) is 4.32. The van der Waals surface area contributed by atoms with Crippen LogP contribution in [0.2, 0.25) is 37.4 Å². The summed E-state index contributed by atoms with van der Waals surface area (Å²) in [5.74, 6) is 1.64. The van der Waals surface area contributed by atoms with Crippen LogP contribution in [0.1, 0.15) is 59.8 Å². The molecular formula is C24H48O3SiSn. The first-order chi connectivity index (χ1) is 13.2. The first-order valence-electron chi connectivity index (χ1n) is 11.5. The Balaban J connectivity index is 2.84. The number of allylic oxidation sites excluding steroid dienone is 1. The Bertz CT molecular complexity index is 557. The summed E-state index contributed by atoms with van der Waals surface area (Å²) >= 11 is -2.01. The summed E-state index contributed by atoms with van der Waals surface area (Å²) in [4.78, 5) is 19.7. The van der Waals surface area contributed by atoms with Crippen LogP contribution in [-0.2, 0) is 14.0 Å². The van der Waals surface area contributed by atoms with Gasteiger partial charge in [0.2, 0.25) is 0 Å². The van der Waals surface area contributed by atoms with E-state index in [1.807, 2.05) is 6.26 Å². The van der Waals surface area contributed by atoms with E-state index in [1.54, 1.807) is 14.0 Å². The summed E-state index contributed by atoms with van der Waals surface area (Å²) in [7, 11) is 0.0566. The molecule has 0 aromatic carbocycles. The van der Waals surface area contributed by atoms with Gasteiger partial charge in [0.25, 0.3) is 0 Å². The van der Waals surface area contributed by atoms with Crippen LogP contribution in [0, 0.1) is 17.8 Å². The van der Waals surface area contributed by atoms with E-state index in [0.29, 0.717) is 17.6 Å². The van der Waals surface area contributed by atoms with Crippen molar-refractivity contribution in [1.82, 2.24) is 0 Å². The first kappa shape index (κ1) is 27.2. The van der Waals surface area contributed by atoms with Crippen LogP contribution in [0.5, 0.6) is 0 Å². The van der Waals surface area contributed by atoms with Gasteiger partial charge in [0.15, 0.2) is 0 Å². The molecule has 0 N–H and O–H groups in total. The zero-order valence-corrected chi connectivity index (χ0v) is 24.8. The fraction of sp³-hybridized carbons (Fsp3) is 0.875. The van der Waals surface area contributed by atoms with Crippen molar-refractivity contribution in [2.45, 2.75) is 97.2 Å². The van der Waals surface area contributed by atoms with Gasteiger partial charge in [-0.05, 0) is 0 Å². The third-order valence-electron chi connectivity index (χ3n) is 7.04. The van der Waals surface area contributed by atoms with Crippen molar-refractivity contribution in [3.8, 4) is 0 Å². The number of ether oxygens (including phenoxy) is 1. The van der Waals surface area contributed by atoms with E-state index in [1.165, 1.54) is 29.3 Å². The second-order valence-corrected chi connectivity index (χ2v) is 32.5. The molecule has 0 aromatic rings. The summed E-state index contributed by atoms with van der Waals surface area (Å²) in [5, 5.41) is 0.251. The number of carbonyl (C=O) groups is 1. The van der Waals surface area contributed by atoms with Gasteiger partial charge in [0.05, 0.1) is 0 Å². The monoisotopic (exact) mass is 532 g/mol. The van der Waals surface area contributed by atoms with Crippen LogP contribution in [-0.4, -0.2) is 46.2 Å². The molecule has 0 aromatic heterocycles. The Kier molecular flexibility index (Phi) is 10.5. The van der Waals surface area contributed by atoms with E-state index >= 15 is 0 Å². The van der Waals surface area contributed by atoms with Crippen molar-refractivity contribution in [3.05, 3.63) is 11.8 Å². The SMILES string of the molecule is CO/C=C1/[C@H](CCO[Si](C)(C)C(C)(C)C)CCC[C@@H]1CC([CH2][Sn]([CH3])([CH3])[CH3])C(C)=O. The average molecular weight is 531 g/mol. The van der Waals surface area contributed by atoms with Crippen LogP contribution in [0.3, 0.4) is 0 Å². The Labute approximate surface area is 186 Å². The molecule has 1 saturated carbocycles. The molecule has 0 saturated heterocycles. The molecule has 1 aliphatic carbocycles. The van der Waals surface area contributed by atoms with E-state index < -0.39 is 26.7 Å². The van der Waals surface area contributed by atoms with Crippen molar-refractivity contribution >= 4 is 32.5 Å². The average Bonchev–Trinajstić information content (AvgIpc) is 2.54. The molecule has 1 rings (SSSR count). The Morgan fingerprint density at radius 3 is 2.28 bits per heavy atom. The fourth-order valence-corrected chi connectivity index (χ4v) is 10.9. The maximum absolute atomic E-state index is 12.4. The van der Waals surface area contributed by atoms with Gasteiger partial charge in [0.1, 0.15) is 0 Å². The molecule has 29 heavy (non-hydrogen) atoms. The Hall–Kier alpha value is 0.186. The third kappa shape index (κ3) is 9.06. The van der Waals surface area contributed by atoms with Gasteiger partial charge in [-0.15, -0.1) is 0 Å². The topological polar surface area (TPSA) is 35.5 Å². The maximum atomic E-state index is 12.4. The van der Waals surface area contributed by atoms with Gasteiger partial charge in [-0.1, -0.05) is 0 Å². The molecule has 0 bridgehead atoms. The number of methoxy groups -OCH3 is 1. The first-order valence-corrected chi connectivity index (χ1v) is 25.0. The summed E-state index contributed by atoms with van der Waals surface area (Å²) in [6.07, 6.45) is 7.74. The van der Waals surface area contributed by atoms with E-state index in [-0.39, 0.29) is 11.0 Å². The molecule has 3 atom stereocenters. The predicted octanol–water partition coefficient (Wildman–Crippen LogP) is 7.28. The van der Waals surface area contributed by atoms with Gasteiger partial charge < -0.3 is 0 Å². The number of hydrogen-bond donors (Lipinski definition) is 0. The van der Waals surface area contributed by atoms with Crippen LogP contribution in [0.25, 0.3) is 0 Å².